The minimum absolute atomic E-state index is 0.271. The molecule has 2 heterocycles. The molecular weight excluding hydrogens is 312 g/mol. The molecule has 4 N–H and O–H groups in total. The first kappa shape index (κ1) is 16.0. The Balaban J connectivity index is 2.13. The predicted octanol–water partition coefficient (Wildman–Crippen LogP) is 1.91. The summed E-state index contributed by atoms with van der Waals surface area (Å²) in [5.74, 6) is 1.20. The van der Waals surface area contributed by atoms with E-state index in [1.165, 1.54) is 11.3 Å². The van der Waals surface area contributed by atoms with Crippen LogP contribution in [0.1, 0.15) is 26.5 Å². The molecule has 0 radical (unpaired) electrons. The van der Waals surface area contributed by atoms with Crippen molar-refractivity contribution in [2.24, 2.45) is 5.73 Å². The van der Waals surface area contributed by atoms with Gasteiger partial charge in [-0.3, -0.25) is 0 Å². The van der Waals surface area contributed by atoms with Crippen LogP contribution in [0.25, 0.3) is 11.5 Å². The number of hydrogen-bond donors (Lipinski definition) is 3. The van der Waals surface area contributed by atoms with E-state index in [0.717, 1.165) is 0 Å². The fourth-order valence-corrected chi connectivity index (χ4v) is 3.80. The molecule has 0 saturated heterocycles. The van der Waals surface area contributed by atoms with Crippen LogP contribution in [-0.2, 0) is 16.8 Å². The van der Waals surface area contributed by atoms with Gasteiger partial charge in [-0.25, -0.2) is 9.71 Å². The number of nitrogens with one attached hydrogen (secondary N) is 2. The lowest BCUT2D eigenvalue weighted by molar-refractivity contribution is 0.494. The minimum atomic E-state index is -3.66. The number of anilines is 1. The average molecular weight is 330 g/mol. The lowest BCUT2D eigenvalue weighted by atomic mass is 10.1. The van der Waals surface area contributed by atoms with Gasteiger partial charge in [0, 0.05) is 10.9 Å². The van der Waals surface area contributed by atoms with Gasteiger partial charge in [-0.15, -0.1) is 11.3 Å². The zero-order valence-corrected chi connectivity index (χ0v) is 13.6. The molecule has 7 nitrogen and oxygen atoms in total. The molecule has 9 heteroatoms. The molecule has 0 unspecified atom stereocenters. The standard InChI is InChI=1S/C12H18N4O3S2/c1-12(2,3)16-21(17,18)15-11-14-9(7-20-11)10-5-4-8(6-13)19-10/h4-5,7,16H,6,13H2,1-3H3,(H,14,15). The van der Waals surface area contributed by atoms with Crippen molar-refractivity contribution >= 4 is 26.7 Å². The highest BCUT2D eigenvalue weighted by atomic mass is 32.2. The van der Waals surface area contributed by atoms with Gasteiger partial charge in [0.2, 0.25) is 0 Å². The van der Waals surface area contributed by atoms with Crippen LogP contribution in [0.3, 0.4) is 0 Å². The summed E-state index contributed by atoms with van der Waals surface area (Å²) in [6.45, 7) is 5.59. The Hall–Kier alpha value is -1.42. The molecule has 2 rings (SSSR count). The maximum Gasteiger partial charge on any atom is 0.301 e. The summed E-state index contributed by atoms with van der Waals surface area (Å²) in [7, 11) is -3.66. The van der Waals surface area contributed by atoms with E-state index >= 15 is 0 Å². The molecule has 0 spiro atoms. The SMILES string of the molecule is CC(C)(C)NS(=O)(=O)Nc1nc(-c2ccc(CN)o2)cs1. The van der Waals surface area contributed by atoms with E-state index in [9.17, 15) is 8.42 Å². The lowest BCUT2D eigenvalue weighted by Crippen LogP contribution is -2.43. The van der Waals surface area contributed by atoms with Crippen LogP contribution in [0.4, 0.5) is 5.13 Å². The summed E-state index contributed by atoms with van der Waals surface area (Å²) in [4.78, 5) is 4.20. The smallest absolute Gasteiger partial charge is 0.301 e. The van der Waals surface area contributed by atoms with E-state index in [-0.39, 0.29) is 5.13 Å². The topological polar surface area (TPSA) is 110 Å². The summed E-state index contributed by atoms with van der Waals surface area (Å²) in [6.07, 6.45) is 0. The Morgan fingerprint density at radius 1 is 1.38 bits per heavy atom. The normalized spacial score (nSPS) is 12.6. The van der Waals surface area contributed by atoms with Crippen LogP contribution in [-0.4, -0.2) is 18.9 Å². The van der Waals surface area contributed by atoms with Crippen molar-refractivity contribution in [3.8, 4) is 11.5 Å². The second-order valence-corrected chi connectivity index (χ2v) is 7.74. The zero-order chi connectivity index (χ0) is 15.7. The van der Waals surface area contributed by atoms with E-state index in [1.807, 2.05) is 0 Å². The highest BCUT2D eigenvalue weighted by Gasteiger charge is 2.21. The quantitative estimate of drug-likeness (QED) is 0.775. The number of nitrogens with two attached hydrogens (primary N) is 1. The minimum Gasteiger partial charge on any atom is -0.458 e. The Labute approximate surface area is 127 Å². The molecular formula is C12H18N4O3S2. The van der Waals surface area contributed by atoms with Crippen LogP contribution in [0.2, 0.25) is 0 Å². The molecule has 0 aliphatic carbocycles. The first-order chi connectivity index (χ1) is 9.68. The van der Waals surface area contributed by atoms with Gasteiger partial charge in [0.15, 0.2) is 10.9 Å². The second-order valence-electron chi connectivity index (χ2n) is 5.47. The first-order valence-electron chi connectivity index (χ1n) is 6.25. The molecule has 0 atom stereocenters. The van der Waals surface area contributed by atoms with Gasteiger partial charge in [0.05, 0.1) is 6.54 Å². The van der Waals surface area contributed by atoms with Gasteiger partial charge < -0.3 is 10.2 Å². The Bertz CT molecular complexity index is 713. The van der Waals surface area contributed by atoms with E-state index in [2.05, 4.69) is 14.4 Å². The largest absolute Gasteiger partial charge is 0.458 e. The van der Waals surface area contributed by atoms with Crippen LogP contribution >= 0.6 is 11.3 Å². The maximum absolute atomic E-state index is 11.9. The predicted molar refractivity (Wildman–Crippen MR) is 83.1 cm³/mol. The van der Waals surface area contributed by atoms with Gasteiger partial charge in [-0.2, -0.15) is 13.1 Å². The number of thiazole rings is 1. The van der Waals surface area contributed by atoms with E-state index in [4.69, 9.17) is 10.2 Å². The summed E-state index contributed by atoms with van der Waals surface area (Å²) in [5, 5.41) is 1.99. The molecule has 0 aliphatic heterocycles. The summed E-state index contributed by atoms with van der Waals surface area (Å²) in [5.41, 5.74) is 5.47. The molecule has 0 fully saturated rings. The van der Waals surface area contributed by atoms with Crippen molar-refractivity contribution in [3.63, 3.8) is 0 Å². The molecule has 21 heavy (non-hydrogen) atoms. The maximum atomic E-state index is 11.9. The number of rotatable bonds is 5. The van der Waals surface area contributed by atoms with Gasteiger partial charge in [-0.05, 0) is 32.9 Å². The molecule has 2 aromatic rings. The van der Waals surface area contributed by atoms with E-state index in [0.29, 0.717) is 23.8 Å². The Morgan fingerprint density at radius 3 is 2.67 bits per heavy atom. The molecule has 0 bridgehead atoms. The number of aromatic nitrogens is 1. The lowest BCUT2D eigenvalue weighted by Gasteiger charge is -2.20. The van der Waals surface area contributed by atoms with Crippen LogP contribution in [0.15, 0.2) is 21.9 Å². The highest BCUT2D eigenvalue weighted by molar-refractivity contribution is 7.91. The fraction of sp³-hybridized carbons (Fsp3) is 0.417. The van der Waals surface area contributed by atoms with E-state index in [1.54, 1.807) is 38.3 Å². The van der Waals surface area contributed by atoms with Gasteiger partial charge >= 0.3 is 10.2 Å². The number of furan rings is 1. The Kier molecular flexibility index (Phi) is 4.38. The molecule has 2 aromatic heterocycles. The van der Waals surface area contributed by atoms with Crippen molar-refractivity contribution in [2.45, 2.75) is 32.9 Å². The monoisotopic (exact) mass is 330 g/mol. The average Bonchev–Trinajstić information content (AvgIpc) is 2.92. The fourth-order valence-electron chi connectivity index (χ4n) is 1.60. The van der Waals surface area contributed by atoms with E-state index < -0.39 is 15.7 Å². The summed E-state index contributed by atoms with van der Waals surface area (Å²) in [6, 6.07) is 3.52. The van der Waals surface area contributed by atoms with Crippen molar-refractivity contribution in [1.29, 1.82) is 0 Å². The third-order valence-corrected chi connectivity index (χ3v) is 4.51. The van der Waals surface area contributed by atoms with Crippen LogP contribution in [0, 0.1) is 0 Å². The van der Waals surface area contributed by atoms with Gasteiger partial charge in [0.1, 0.15) is 11.5 Å². The van der Waals surface area contributed by atoms with Crippen LogP contribution in [0.5, 0.6) is 0 Å². The Morgan fingerprint density at radius 2 is 2.10 bits per heavy atom. The highest BCUT2D eigenvalue weighted by Crippen LogP contribution is 2.27. The van der Waals surface area contributed by atoms with Crippen LogP contribution < -0.4 is 15.2 Å². The molecule has 116 valence electrons. The zero-order valence-electron chi connectivity index (χ0n) is 12.0. The second kappa shape index (κ2) is 5.76. The number of hydrogen-bond acceptors (Lipinski definition) is 6. The van der Waals surface area contributed by atoms with Gasteiger partial charge in [0.25, 0.3) is 0 Å². The molecule has 0 aromatic carbocycles. The van der Waals surface area contributed by atoms with Gasteiger partial charge in [-0.1, -0.05) is 0 Å². The number of nitrogens with zero attached hydrogens (tertiary/aromatic N) is 1. The third-order valence-electron chi connectivity index (χ3n) is 2.28. The molecule has 0 amide bonds. The summed E-state index contributed by atoms with van der Waals surface area (Å²) >= 11 is 1.18. The summed E-state index contributed by atoms with van der Waals surface area (Å²) < 4.78 is 34.2. The van der Waals surface area contributed by atoms with Crippen molar-refractivity contribution in [2.75, 3.05) is 4.72 Å². The van der Waals surface area contributed by atoms with Crippen molar-refractivity contribution < 1.29 is 12.8 Å². The molecule has 0 saturated carbocycles. The third kappa shape index (κ3) is 4.53. The molecule has 0 aliphatic rings. The van der Waals surface area contributed by atoms with Crippen molar-refractivity contribution in [1.82, 2.24) is 9.71 Å². The first-order valence-corrected chi connectivity index (χ1v) is 8.61. The van der Waals surface area contributed by atoms with Crippen molar-refractivity contribution in [3.05, 3.63) is 23.3 Å².